The largest absolute Gasteiger partial charge is 0.322 e. The van der Waals surface area contributed by atoms with Gasteiger partial charge in [0.1, 0.15) is 0 Å². The third kappa shape index (κ3) is 4.73. The van der Waals surface area contributed by atoms with E-state index in [4.69, 9.17) is 34.8 Å². The molecule has 150 valence electrons. The number of para-hydroxylation sites is 1. The molecule has 0 atom stereocenters. The molecule has 8 nitrogen and oxygen atoms in total. The molecule has 2 aromatic carbocycles. The predicted octanol–water partition coefficient (Wildman–Crippen LogP) is 4.12. The molecule has 0 unspecified atom stereocenters. The molecule has 2 aromatic rings. The maximum atomic E-state index is 12.7. The van der Waals surface area contributed by atoms with Crippen LogP contribution in [0.2, 0.25) is 15.1 Å². The lowest BCUT2D eigenvalue weighted by atomic mass is 10.2. The molecule has 0 aliphatic carbocycles. The third-order valence-corrected chi connectivity index (χ3v) is 6.59. The highest BCUT2D eigenvalue weighted by Gasteiger charge is 2.27. The van der Waals surface area contributed by atoms with Crippen LogP contribution in [0.4, 0.5) is 11.4 Å². The molecule has 2 rings (SSSR count). The first-order valence-electron chi connectivity index (χ1n) is 7.60. The number of carbonyl (C=O) groups excluding carboxylic acids is 1. The summed E-state index contributed by atoms with van der Waals surface area (Å²) >= 11 is 17.9. The van der Waals surface area contributed by atoms with E-state index >= 15 is 0 Å². The Labute approximate surface area is 176 Å². The van der Waals surface area contributed by atoms with E-state index in [1.54, 1.807) is 6.07 Å². The van der Waals surface area contributed by atoms with E-state index in [1.165, 1.54) is 19.1 Å². The highest BCUT2D eigenvalue weighted by molar-refractivity contribution is 7.89. The minimum absolute atomic E-state index is 0.0755. The fourth-order valence-electron chi connectivity index (χ4n) is 2.24. The number of amides is 1. The van der Waals surface area contributed by atoms with Crippen LogP contribution in [0, 0.1) is 17.0 Å². The highest BCUT2D eigenvalue weighted by Crippen LogP contribution is 2.31. The molecule has 0 aromatic heterocycles. The van der Waals surface area contributed by atoms with E-state index in [0.29, 0.717) is 0 Å². The summed E-state index contributed by atoms with van der Waals surface area (Å²) in [5.41, 5.74) is -0.151. The normalized spacial score (nSPS) is 11.5. The summed E-state index contributed by atoms with van der Waals surface area (Å²) < 4.78 is 26.1. The van der Waals surface area contributed by atoms with Crippen molar-refractivity contribution in [3.63, 3.8) is 0 Å². The first kappa shape index (κ1) is 22.4. The molecule has 0 saturated heterocycles. The van der Waals surface area contributed by atoms with Crippen molar-refractivity contribution in [2.45, 2.75) is 11.8 Å². The second-order valence-electron chi connectivity index (χ2n) is 5.71. The molecule has 1 amide bonds. The number of rotatable bonds is 6. The van der Waals surface area contributed by atoms with Crippen LogP contribution < -0.4 is 5.32 Å². The molecule has 28 heavy (non-hydrogen) atoms. The van der Waals surface area contributed by atoms with Gasteiger partial charge >= 0.3 is 0 Å². The first-order chi connectivity index (χ1) is 12.9. The molecule has 0 heterocycles. The summed E-state index contributed by atoms with van der Waals surface area (Å²) in [4.78, 5) is 22.2. The van der Waals surface area contributed by atoms with Crippen LogP contribution >= 0.6 is 34.8 Å². The van der Waals surface area contributed by atoms with Crippen molar-refractivity contribution in [2.24, 2.45) is 0 Å². The zero-order valence-corrected chi connectivity index (χ0v) is 17.7. The van der Waals surface area contributed by atoms with Gasteiger partial charge in [-0.3, -0.25) is 14.9 Å². The standard InChI is InChI=1S/C16H14Cl3N3O5S/c1-9-13(19)6-10(7-14(9)22(24)25)28(26,27)21(2)8-15(23)20-16-11(17)4-3-5-12(16)18/h3-7H,8H2,1-2H3,(H,20,23). The molecule has 0 radical (unpaired) electrons. The number of anilines is 1. The second-order valence-corrected chi connectivity index (χ2v) is 8.98. The number of halogens is 3. The number of likely N-dealkylation sites (N-methyl/N-ethyl adjacent to an activating group) is 1. The Morgan fingerprint density at radius 2 is 1.75 bits per heavy atom. The maximum absolute atomic E-state index is 12.7. The number of nitrogens with zero attached hydrogens (tertiary/aromatic N) is 2. The van der Waals surface area contributed by atoms with Crippen molar-refractivity contribution < 1.29 is 18.1 Å². The Kier molecular flexibility index (Phi) is 6.89. The molecule has 0 bridgehead atoms. The van der Waals surface area contributed by atoms with Crippen molar-refractivity contribution >= 4 is 62.1 Å². The van der Waals surface area contributed by atoms with Gasteiger partial charge in [0.2, 0.25) is 15.9 Å². The van der Waals surface area contributed by atoms with Gasteiger partial charge in [-0.05, 0) is 25.1 Å². The Balaban J connectivity index is 2.27. The summed E-state index contributed by atoms with van der Waals surface area (Å²) in [6, 6.07) is 6.60. The Bertz CT molecular complexity index is 1040. The van der Waals surface area contributed by atoms with E-state index in [1.807, 2.05) is 0 Å². The van der Waals surface area contributed by atoms with Gasteiger partial charge in [0.15, 0.2) is 0 Å². The average molecular weight is 467 g/mol. The van der Waals surface area contributed by atoms with Crippen molar-refractivity contribution in [1.82, 2.24) is 4.31 Å². The van der Waals surface area contributed by atoms with Crippen molar-refractivity contribution in [2.75, 3.05) is 18.9 Å². The lowest BCUT2D eigenvalue weighted by Gasteiger charge is -2.18. The molecule has 0 spiro atoms. The fourth-order valence-corrected chi connectivity index (χ4v) is 4.19. The Morgan fingerprint density at radius 3 is 2.29 bits per heavy atom. The zero-order valence-electron chi connectivity index (χ0n) is 14.6. The van der Waals surface area contributed by atoms with Crippen LogP contribution in [0.15, 0.2) is 35.2 Å². The van der Waals surface area contributed by atoms with Gasteiger partial charge in [0.05, 0.1) is 37.1 Å². The zero-order chi connectivity index (χ0) is 21.2. The van der Waals surface area contributed by atoms with Gasteiger partial charge in [-0.25, -0.2) is 8.42 Å². The van der Waals surface area contributed by atoms with Crippen LogP contribution in [0.5, 0.6) is 0 Å². The minimum Gasteiger partial charge on any atom is -0.322 e. The van der Waals surface area contributed by atoms with E-state index in [2.05, 4.69) is 5.32 Å². The van der Waals surface area contributed by atoms with Gasteiger partial charge in [0.25, 0.3) is 5.69 Å². The van der Waals surface area contributed by atoms with E-state index in [9.17, 15) is 23.3 Å². The molecule has 12 heteroatoms. The molecular formula is C16H14Cl3N3O5S. The number of nitrogens with one attached hydrogen (secondary N) is 1. The molecule has 0 aliphatic rings. The monoisotopic (exact) mass is 465 g/mol. The Morgan fingerprint density at radius 1 is 1.18 bits per heavy atom. The quantitative estimate of drug-likeness (QED) is 0.508. The summed E-state index contributed by atoms with van der Waals surface area (Å²) in [6.07, 6.45) is 0. The smallest absolute Gasteiger partial charge is 0.275 e. The van der Waals surface area contributed by atoms with Gasteiger partial charge in [-0.15, -0.1) is 0 Å². The molecular weight excluding hydrogens is 453 g/mol. The number of benzene rings is 2. The lowest BCUT2D eigenvalue weighted by molar-refractivity contribution is -0.385. The SMILES string of the molecule is Cc1c(Cl)cc(S(=O)(=O)N(C)CC(=O)Nc2c(Cl)cccc2Cl)cc1[N+](=O)[O-]. The van der Waals surface area contributed by atoms with Crippen molar-refractivity contribution in [1.29, 1.82) is 0 Å². The molecule has 0 aliphatic heterocycles. The number of hydrogen-bond donors (Lipinski definition) is 1. The number of carbonyl (C=O) groups is 1. The van der Waals surface area contributed by atoms with Gasteiger partial charge in [-0.1, -0.05) is 40.9 Å². The average Bonchev–Trinajstić information content (AvgIpc) is 2.60. The van der Waals surface area contributed by atoms with Crippen LogP contribution in [0.25, 0.3) is 0 Å². The van der Waals surface area contributed by atoms with Crippen molar-refractivity contribution in [3.05, 3.63) is 61.1 Å². The third-order valence-electron chi connectivity index (χ3n) is 3.79. The number of hydrogen-bond acceptors (Lipinski definition) is 5. The van der Waals surface area contributed by atoms with E-state index < -0.39 is 38.0 Å². The number of nitro groups is 1. The molecule has 0 saturated carbocycles. The fraction of sp³-hybridized carbons (Fsp3) is 0.188. The van der Waals surface area contributed by atoms with Gasteiger partial charge < -0.3 is 5.32 Å². The minimum atomic E-state index is -4.22. The number of nitro benzene ring substituents is 1. The topological polar surface area (TPSA) is 110 Å². The molecule has 0 fully saturated rings. The summed E-state index contributed by atoms with van der Waals surface area (Å²) in [7, 11) is -3.07. The van der Waals surface area contributed by atoms with Gasteiger partial charge in [0, 0.05) is 18.7 Å². The second kappa shape index (κ2) is 8.62. The molecule has 1 N–H and O–H groups in total. The Hall–Kier alpha value is -1.91. The van der Waals surface area contributed by atoms with Crippen LogP contribution in [-0.4, -0.2) is 37.1 Å². The first-order valence-corrected chi connectivity index (χ1v) is 10.2. The van der Waals surface area contributed by atoms with E-state index in [-0.39, 0.29) is 26.3 Å². The lowest BCUT2D eigenvalue weighted by Crippen LogP contribution is -2.35. The maximum Gasteiger partial charge on any atom is 0.275 e. The van der Waals surface area contributed by atoms with Crippen LogP contribution in [0.1, 0.15) is 5.56 Å². The van der Waals surface area contributed by atoms with E-state index in [0.717, 1.165) is 23.5 Å². The number of sulfonamides is 1. The van der Waals surface area contributed by atoms with Crippen molar-refractivity contribution in [3.8, 4) is 0 Å². The van der Waals surface area contributed by atoms with Crippen LogP contribution in [0.3, 0.4) is 0 Å². The van der Waals surface area contributed by atoms with Gasteiger partial charge in [-0.2, -0.15) is 4.31 Å². The predicted molar refractivity (Wildman–Crippen MR) is 108 cm³/mol. The summed E-state index contributed by atoms with van der Waals surface area (Å²) in [5, 5.41) is 13.9. The summed E-state index contributed by atoms with van der Waals surface area (Å²) in [5.74, 6) is -0.700. The van der Waals surface area contributed by atoms with Crippen LogP contribution in [-0.2, 0) is 14.8 Å². The highest BCUT2D eigenvalue weighted by atomic mass is 35.5. The summed E-state index contributed by atoms with van der Waals surface area (Å²) in [6.45, 7) is 0.824.